The van der Waals surface area contributed by atoms with Crippen molar-refractivity contribution in [1.29, 1.82) is 0 Å². The predicted octanol–water partition coefficient (Wildman–Crippen LogP) is 4.57. The van der Waals surface area contributed by atoms with E-state index in [0.717, 1.165) is 11.4 Å². The highest BCUT2D eigenvalue weighted by atomic mass is 16.5. The number of hydrogen-bond donors (Lipinski definition) is 1. The number of benzene rings is 3. The van der Waals surface area contributed by atoms with E-state index >= 15 is 0 Å². The summed E-state index contributed by atoms with van der Waals surface area (Å²) in [5, 5.41) is 0. The third kappa shape index (κ3) is 4.13. The molecule has 0 saturated heterocycles. The normalized spacial score (nSPS) is 10.9. The first-order valence-corrected chi connectivity index (χ1v) is 11.1. The van der Waals surface area contributed by atoms with Crippen LogP contribution in [0.4, 0.5) is 11.5 Å². The highest BCUT2D eigenvalue weighted by molar-refractivity contribution is 5.85. The summed E-state index contributed by atoms with van der Waals surface area (Å²) < 4.78 is 8.96. The summed E-state index contributed by atoms with van der Waals surface area (Å²) in [7, 11) is 1.96. The number of hydrogen-bond acceptors (Lipinski definition) is 6. The van der Waals surface area contributed by atoms with Crippen LogP contribution in [0.25, 0.3) is 22.5 Å². The largest absolute Gasteiger partial charge is 0.457 e. The fourth-order valence-electron chi connectivity index (χ4n) is 3.98. The van der Waals surface area contributed by atoms with Gasteiger partial charge in [-0.2, -0.15) is 0 Å². The second kappa shape index (κ2) is 9.18. The van der Waals surface area contributed by atoms with E-state index in [9.17, 15) is 4.79 Å². The molecule has 5 rings (SSSR count). The van der Waals surface area contributed by atoms with Gasteiger partial charge in [-0.1, -0.05) is 30.3 Å². The molecular formula is C27H24N6O2. The van der Waals surface area contributed by atoms with Gasteiger partial charge in [0.15, 0.2) is 11.5 Å². The SMILES string of the molecule is C=CCN(C)c1cccc(-n2c(=O)n(-c3ccc(Oc4ccccc4)cc3)c3c(N)ncnc32)c1. The summed E-state index contributed by atoms with van der Waals surface area (Å²) in [5.41, 5.74) is 9.05. The van der Waals surface area contributed by atoms with E-state index in [1.54, 1.807) is 4.57 Å². The second-order valence-corrected chi connectivity index (χ2v) is 7.98. The molecule has 35 heavy (non-hydrogen) atoms. The number of aromatic nitrogens is 4. The number of rotatable bonds is 7. The van der Waals surface area contributed by atoms with E-state index in [-0.39, 0.29) is 11.5 Å². The van der Waals surface area contributed by atoms with Crippen LogP contribution < -0.4 is 21.1 Å². The average molecular weight is 465 g/mol. The third-order valence-electron chi connectivity index (χ3n) is 5.65. The fraction of sp³-hybridized carbons (Fsp3) is 0.0741. The van der Waals surface area contributed by atoms with E-state index in [0.29, 0.717) is 34.8 Å². The van der Waals surface area contributed by atoms with Crippen molar-refractivity contribution in [1.82, 2.24) is 19.1 Å². The van der Waals surface area contributed by atoms with Crippen molar-refractivity contribution in [3.05, 3.63) is 108 Å². The second-order valence-electron chi connectivity index (χ2n) is 7.98. The molecule has 0 atom stereocenters. The van der Waals surface area contributed by atoms with Gasteiger partial charge in [0.05, 0.1) is 11.4 Å². The Morgan fingerprint density at radius 3 is 2.43 bits per heavy atom. The van der Waals surface area contributed by atoms with Gasteiger partial charge in [0.1, 0.15) is 23.3 Å². The number of ether oxygens (including phenoxy) is 1. The van der Waals surface area contributed by atoms with Gasteiger partial charge in [-0.3, -0.25) is 4.57 Å². The molecule has 2 aromatic heterocycles. The molecule has 8 nitrogen and oxygen atoms in total. The molecule has 0 fully saturated rings. The van der Waals surface area contributed by atoms with E-state index in [2.05, 4.69) is 16.5 Å². The van der Waals surface area contributed by atoms with E-state index in [4.69, 9.17) is 10.5 Å². The molecule has 0 bridgehead atoms. The molecule has 0 unspecified atom stereocenters. The molecule has 0 aliphatic carbocycles. The molecule has 5 aromatic rings. The van der Waals surface area contributed by atoms with Crippen molar-refractivity contribution >= 4 is 22.7 Å². The molecule has 0 radical (unpaired) electrons. The molecule has 0 aliphatic heterocycles. The molecule has 2 N–H and O–H groups in total. The Kier molecular flexibility index (Phi) is 5.76. The van der Waals surface area contributed by atoms with Gasteiger partial charge in [0.2, 0.25) is 0 Å². The lowest BCUT2D eigenvalue weighted by Gasteiger charge is -2.18. The summed E-state index contributed by atoms with van der Waals surface area (Å²) in [4.78, 5) is 24.3. The van der Waals surface area contributed by atoms with Crippen molar-refractivity contribution in [2.75, 3.05) is 24.2 Å². The fourth-order valence-corrected chi connectivity index (χ4v) is 3.98. The maximum Gasteiger partial charge on any atom is 0.339 e. The molecule has 0 saturated carbocycles. The Morgan fingerprint density at radius 2 is 1.69 bits per heavy atom. The van der Waals surface area contributed by atoms with Gasteiger partial charge in [0, 0.05) is 19.3 Å². The number of imidazole rings is 1. The molecule has 0 aliphatic rings. The predicted molar refractivity (Wildman–Crippen MR) is 139 cm³/mol. The van der Waals surface area contributed by atoms with Crippen LogP contribution in [0.3, 0.4) is 0 Å². The minimum absolute atomic E-state index is 0.218. The van der Waals surface area contributed by atoms with Crippen LogP contribution in [-0.2, 0) is 0 Å². The standard InChI is InChI=1S/C27H24N6O2/c1-3-16-31(2)20-8-7-9-21(17-20)33-26-24(25(28)29-18-30-26)32(27(33)34)19-12-14-23(15-13-19)35-22-10-5-4-6-11-22/h3-15,17-18H,1,16H2,2H3,(H2,28,29,30). The summed E-state index contributed by atoms with van der Waals surface area (Å²) >= 11 is 0. The summed E-state index contributed by atoms with van der Waals surface area (Å²) in [6.07, 6.45) is 3.19. The first-order chi connectivity index (χ1) is 17.1. The van der Waals surface area contributed by atoms with Crippen molar-refractivity contribution in [3.63, 3.8) is 0 Å². The van der Waals surface area contributed by atoms with Crippen LogP contribution >= 0.6 is 0 Å². The van der Waals surface area contributed by atoms with Crippen LogP contribution in [0.1, 0.15) is 0 Å². The minimum Gasteiger partial charge on any atom is -0.457 e. The van der Waals surface area contributed by atoms with Crippen LogP contribution in [0.2, 0.25) is 0 Å². The van der Waals surface area contributed by atoms with Gasteiger partial charge < -0.3 is 15.4 Å². The number of para-hydroxylation sites is 1. The minimum atomic E-state index is -0.299. The van der Waals surface area contributed by atoms with Crippen molar-refractivity contribution < 1.29 is 4.74 Å². The number of nitrogen functional groups attached to an aromatic ring is 1. The lowest BCUT2D eigenvalue weighted by molar-refractivity contribution is 0.482. The summed E-state index contributed by atoms with van der Waals surface area (Å²) in [5.74, 6) is 1.60. The van der Waals surface area contributed by atoms with E-state index in [1.165, 1.54) is 10.9 Å². The molecular weight excluding hydrogens is 440 g/mol. The number of nitrogens with two attached hydrogens (primary N) is 1. The first kappa shape index (κ1) is 22.0. The van der Waals surface area contributed by atoms with Crippen LogP contribution in [0.15, 0.2) is 103 Å². The van der Waals surface area contributed by atoms with Crippen LogP contribution in [-0.4, -0.2) is 32.7 Å². The Labute approximate surface area is 202 Å². The van der Waals surface area contributed by atoms with Crippen molar-refractivity contribution in [2.45, 2.75) is 0 Å². The number of anilines is 2. The molecule has 0 amide bonds. The molecule has 2 heterocycles. The first-order valence-electron chi connectivity index (χ1n) is 11.1. The zero-order valence-electron chi connectivity index (χ0n) is 19.2. The number of likely N-dealkylation sites (N-methyl/N-ethyl adjacent to an activating group) is 1. The Bertz CT molecular complexity index is 1550. The summed E-state index contributed by atoms with van der Waals surface area (Å²) in [6.45, 7) is 4.47. The molecule has 8 heteroatoms. The maximum absolute atomic E-state index is 13.8. The maximum atomic E-state index is 13.8. The Balaban J connectivity index is 1.62. The van der Waals surface area contributed by atoms with Gasteiger partial charge in [-0.15, -0.1) is 6.58 Å². The highest BCUT2D eigenvalue weighted by Crippen LogP contribution is 2.27. The summed E-state index contributed by atoms with van der Waals surface area (Å²) in [6, 6.07) is 24.4. The lowest BCUT2D eigenvalue weighted by Crippen LogP contribution is -2.23. The molecule has 174 valence electrons. The van der Waals surface area contributed by atoms with E-state index in [1.807, 2.05) is 96.9 Å². The van der Waals surface area contributed by atoms with Crippen molar-refractivity contribution in [3.8, 4) is 22.9 Å². The Morgan fingerprint density at radius 1 is 0.943 bits per heavy atom. The van der Waals surface area contributed by atoms with Gasteiger partial charge in [0.25, 0.3) is 0 Å². The monoisotopic (exact) mass is 464 g/mol. The van der Waals surface area contributed by atoms with Crippen LogP contribution in [0.5, 0.6) is 11.5 Å². The number of fused-ring (bicyclic) bond motifs is 1. The van der Waals surface area contributed by atoms with E-state index < -0.39 is 0 Å². The third-order valence-corrected chi connectivity index (χ3v) is 5.65. The van der Waals surface area contributed by atoms with Gasteiger partial charge in [-0.25, -0.2) is 19.3 Å². The van der Waals surface area contributed by atoms with Gasteiger partial charge >= 0.3 is 5.69 Å². The quantitative estimate of drug-likeness (QED) is 0.355. The topological polar surface area (TPSA) is 91.2 Å². The Hall–Kier alpha value is -4.85. The molecule has 0 spiro atoms. The lowest BCUT2D eigenvalue weighted by atomic mass is 10.2. The smallest absolute Gasteiger partial charge is 0.339 e. The molecule has 3 aromatic carbocycles. The van der Waals surface area contributed by atoms with Crippen LogP contribution in [0, 0.1) is 0 Å². The highest BCUT2D eigenvalue weighted by Gasteiger charge is 2.20. The zero-order valence-corrected chi connectivity index (χ0v) is 19.2. The number of nitrogens with zero attached hydrogens (tertiary/aromatic N) is 5. The average Bonchev–Trinajstić information content (AvgIpc) is 3.18. The van der Waals surface area contributed by atoms with Crippen molar-refractivity contribution in [2.24, 2.45) is 0 Å². The van der Waals surface area contributed by atoms with Gasteiger partial charge in [-0.05, 0) is 54.6 Å². The zero-order chi connectivity index (χ0) is 24.4.